The van der Waals surface area contributed by atoms with Gasteiger partial charge in [0.15, 0.2) is 0 Å². The predicted molar refractivity (Wildman–Crippen MR) is 130 cm³/mol. The van der Waals surface area contributed by atoms with Crippen LogP contribution in [0.4, 0.5) is 5.69 Å². The van der Waals surface area contributed by atoms with Crippen molar-refractivity contribution in [1.29, 1.82) is 0 Å². The van der Waals surface area contributed by atoms with Crippen molar-refractivity contribution < 1.29 is 14.7 Å². The van der Waals surface area contributed by atoms with E-state index in [2.05, 4.69) is 10.3 Å². The molecule has 0 bridgehead atoms. The SMILES string of the molecule is CSCCC(C(=O)O)N(C)C(=O)c1ccc(CNc2cccnc2)cc1-c1ccccc1. The Labute approximate surface area is 192 Å². The van der Waals surface area contributed by atoms with Crippen molar-refractivity contribution >= 4 is 29.3 Å². The quantitative estimate of drug-likeness (QED) is 0.469. The van der Waals surface area contributed by atoms with Crippen molar-refractivity contribution in [2.75, 3.05) is 24.4 Å². The number of carboxylic acid groups (broad SMARTS) is 1. The number of rotatable bonds is 10. The zero-order valence-corrected chi connectivity index (χ0v) is 19.0. The third-order valence-corrected chi connectivity index (χ3v) is 5.87. The van der Waals surface area contributed by atoms with Crippen LogP contribution in [0.15, 0.2) is 73.1 Å². The summed E-state index contributed by atoms with van der Waals surface area (Å²) in [5.41, 5.74) is 4.08. The number of nitrogens with one attached hydrogen (secondary N) is 1. The molecule has 166 valence electrons. The number of anilines is 1. The van der Waals surface area contributed by atoms with Crippen LogP contribution in [-0.2, 0) is 11.3 Å². The van der Waals surface area contributed by atoms with E-state index < -0.39 is 12.0 Å². The highest BCUT2D eigenvalue weighted by Gasteiger charge is 2.28. The van der Waals surface area contributed by atoms with Crippen LogP contribution in [0.2, 0.25) is 0 Å². The fourth-order valence-electron chi connectivity index (χ4n) is 3.46. The Balaban J connectivity index is 1.92. The lowest BCUT2D eigenvalue weighted by Gasteiger charge is -2.26. The van der Waals surface area contributed by atoms with Crippen molar-refractivity contribution in [2.45, 2.75) is 19.0 Å². The maximum absolute atomic E-state index is 13.4. The normalized spacial score (nSPS) is 11.6. The summed E-state index contributed by atoms with van der Waals surface area (Å²) in [7, 11) is 1.56. The van der Waals surface area contributed by atoms with E-state index in [1.807, 2.05) is 60.9 Å². The highest BCUT2D eigenvalue weighted by atomic mass is 32.2. The Bertz CT molecular complexity index is 1040. The summed E-state index contributed by atoms with van der Waals surface area (Å²) in [5, 5.41) is 13.0. The zero-order chi connectivity index (χ0) is 22.9. The third kappa shape index (κ3) is 5.88. The van der Waals surface area contributed by atoms with Gasteiger partial charge in [0, 0.05) is 31.5 Å². The van der Waals surface area contributed by atoms with Crippen LogP contribution >= 0.6 is 11.8 Å². The van der Waals surface area contributed by atoms with Gasteiger partial charge in [-0.3, -0.25) is 9.78 Å². The Kier molecular flexibility index (Phi) is 8.27. The molecule has 1 heterocycles. The molecule has 0 fully saturated rings. The number of carbonyl (C=O) groups is 2. The summed E-state index contributed by atoms with van der Waals surface area (Å²) in [6.07, 6.45) is 5.80. The smallest absolute Gasteiger partial charge is 0.326 e. The van der Waals surface area contributed by atoms with E-state index in [0.717, 1.165) is 22.4 Å². The average molecular weight is 450 g/mol. The highest BCUT2D eigenvalue weighted by molar-refractivity contribution is 7.98. The molecule has 0 saturated heterocycles. The molecule has 6 nitrogen and oxygen atoms in total. The predicted octanol–water partition coefficient (Wildman–Crippen LogP) is 4.64. The van der Waals surface area contributed by atoms with E-state index in [1.165, 1.54) is 4.90 Å². The first-order chi connectivity index (χ1) is 15.5. The number of aliphatic carboxylic acids is 1. The molecule has 7 heteroatoms. The fraction of sp³-hybridized carbons (Fsp3) is 0.240. The van der Waals surface area contributed by atoms with Gasteiger partial charge >= 0.3 is 5.97 Å². The molecule has 1 atom stereocenters. The number of carboxylic acids is 1. The number of amides is 1. The van der Waals surface area contributed by atoms with Crippen LogP contribution in [0.3, 0.4) is 0 Å². The standard InChI is InChI=1S/C25H27N3O3S/c1-28(23(25(30)31)12-14-32-2)24(29)21-11-10-18(16-27-20-9-6-13-26-17-20)15-22(21)19-7-4-3-5-8-19/h3-11,13,15,17,23,27H,12,14,16H2,1-2H3,(H,30,31). The second-order valence-electron chi connectivity index (χ2n) is 7.39. The zero-order valence-electron chi connectivity index (χ0n) is 18.2. The number of aromatic nitrogens is 1. The van der Waals surface area contributed by atoms with E-state index in [1.54, 1.807) is 37.3 Å². The van der Waals surface area contributed by atoms with E-state index in [-0.39, 0.29) is 5.91 Å². The van der Waals surface area contributed by atoms with Gasteiger partial charge in [0.05, 0.1) is 5.69 Å². The minimum atomic E-state index is -0.992. The average Bonchev–Trinajstić information content (AvgIpc) is 2.83. The number of hydrogen-bond acceptors (Lipinski definition) is 5. The molecule has 2 aromatic carbocycles. The van der Waals surface area contributed by atoms with Crippen LogP contribution in [0, 0.1) is 0 Å². The Morgan fingerprint density at radius 3 is 2.56 bits per heavy atom. The van der Waals surface area contributed by atoms with Crippen LogP contribution in [-0.4, -0.2) is 52.0 Å². The van der Waals surface area contributed by atoms with Gasteiger partial charge in [-0.05, 0) is 59.4 Å². The summed E-state index contributed by atoms with van der Waals surface area (Å²) in [6.45, 7) is 0.571. The van der Waals surface area contributed by atoms with Gasteiger partial charge in [-0.25, -0.2) is 4.79 Å². The second kappa shape index (κ2) is 11.3. The monoisotopic (exact) mass is 449 g/mol. The lowest BCUT2D eigenvalue weighted by Crippen LogP contribution is -2.43. The van der Waals surface area contributed by atoms with E-state index in [0.29, 0.717) is 24.3 Å². The molecule has 0 aliphatic rings. The second-order valence-corrected chi connectivity index (χ2v) is 8.38. The van der Waals surface area contributed by atoms with Crippen LogP contribution in [0.5, 0.6) is 0 Å². The van der Waals surface area contributed by atoms with Crippen molar-refractivity contribution in [3.8, 4) is 11.1 Å². The fourth-order valence-corrected chi connectivity index (χ4v) is 3.92. The van der Waals surface area contributed by atoms with Gasteiger partial charge in [-0.2, -0.15) is 11.8 Å². The summed E-state index contributed by atoms with van der Waals surface area (Å²) in [4.78, 5) is 30.6. The number of hydrogen-bond donors (Lipinski definition) is 2. The third-order valence-electron chi connectivity index (χ3n) is 5.23. The van der Waals surface area contributed by atoms with Crippen LogP contribution < -0.4 is 5.32 Å². The topological polar surface area (TPSA) is 82.5 Å². The van der Waals surface area contributed by atoms with Crippen molar-refractivity contribution in [2.24, 2.45) is 0 Å². The molecule has 1 unspecified atom stereocenters. The van der Waals surface area contributed by atoms with E-state index >= 15 is 0 Å². The molecular formula is C25H27N3O3S. The number of carbonyl (C=O) groups excluding carboxylic acids is 1. The molecule has 0 radical (unpaired) electrons. The van der Waals surface area contributed by atoms with Crippen molar-refractivity contribution in [3.63, 3.8) is 0 Å². The number of nitrogens with zero attached hydrogens (tertiary/aromatic N) is 2. The van der Waals surface area contributed by atoms with Gasteiger partial charge in [0.2, 0.25) is 0 Å². The van der Waals surface area contributed by atoms with Gasteiger partial charge in [-0.15, -0.1) is 0 Å². The largest absolute Gasteiger partial charge is 0.480 e. The minimum absolute atomic E-state index is 0.302. The first kappa shape index (κ1) is 23.3. The van der Waals surface area contributed by atoms with Crippen LogP contribution in [0.25, 0.3) is 11.1 Å². The summed E-state index contributed by atoms with van der Waals surface area (Å²) >= 11 is 1.57. The molecule has 0 saturated carbocycles. The summed E-state index contributed by atoms with van der Waals surface area (Å²) < 4.78 is 0. The van der Waals surface area contributed by atoms with Crippen molar-refractivity contribution in [3.05, 3.63) is 84.2 Å². The van der Waals surface area contributed by atoms with Crippen molar-refractivity contribution in [1.82, 2.24) is 9.88 Å². The molecule has 3 aromatic rings. The number of pyridine rings is 1. The maximum Gasteiger partial charge on any atom is 0.326 e. The number of benzene rings is 2. The molecule has 1 aromatic heterocycles. The Hall–Kier alpha value is -3.32. The lowest BCUT2D eigenvalue weighted by molar-refractivity contribution is -0.142. The summed E-state index contributed by atoms with van der Waals surface area (Å²) in [6, 6.07) is 18.3. The van der Waals surface area contributed by atoms with Crippen LogP contribution in [0.1, 0.15) is 22.3 Å². The number of thioether (sulfide) groups is 1. The molecule has 1 amide bonds. The molecular weight excluding hydrogens is 422 g/mol. The lowest BCUT2D eigenvalue weighted by atomic mass is 9.96. The van der Waals surface area contributed by atoms with Gasteiger partial charge in [0.25, 0.3) is 5.91 Å². The first-order valence-electron chi connectivity index (χ1n) is 10.3. The Morgan fingerprint density at radius 1 is 1.12 bits per heavy atom. The maximum atomic E-state index is 13.4. The van der Waals surface area contributed by atoms with Gasteiger partial charge < -0.3 is 15.3 Å². The highest BCUT2D eigenvalue weighted by Crippen LogP contribution is 2.27. The number of likely N-dealkylation sites (N-methyl/N-ethyl adjacent to an activating group) is 1. The Morgan fingerprint density at radius 2 is 1.91 bits per heavy atom. The van der Waals surface area contributed by atoms with Gasteiger partial charge in [0.1, 0.15) is 6.04 Å². The molecule has 0 aliphatic heterocycles. The van der Waals surface area contributed by atoms with E-state index in [4.69, 9.17) is 0 Å². The molecule has 3 rings (SSSR count). The summed E-state index contributed by atoms with van der Waals surface area (Å²) in [5.74, 6) is -0.628. The first-order valence-corrected chi connectivity index (χ1v) is 11.7. The molecule has 2 N–H and O–H groups in total. The molecule has 0 aliphatic carbocycles. The van der Waals surface area contributed by atoms with E-state index in [9.17, 15) is 14.7 Å². The molecule has 32 heavy (non-hydrogen) atoms. The van der Waals surface area contributed by atoms with Gasteiger partial charge in [-0.1, -0.05) is 36.4 Å². The minimum Gasteiger partial charge on any atom is -0.480 e. The molecule has 0 spiro atoms.